The standard InChI is InChI=1S/C11H14ClNO/c1-14-11-5-2-7(12)6-9(11)8-3-4-10(8)13/h2,5-6,8,10H,3-4,13H2,1H3. The minimum absolute atomic E-state index is 0.266. The Hall–Kier alpha value is -0.730. The lowest BCUT2D eigenvalue weighted by Crippen LogP contribution is -2.37. The first kappa shape index (κ1) is 9.81. The van der Waals surface area contributed by atoms with Crippen LogP contribution in [0.1, 0.15) is 24.3 Å². The van der Waals surface area contributed by atoms with Crippen molar-refractivity contribution in [3.8, 4) is 5.75 Å². The first-order valence-corrected chi connectivity index (χ1v) is 5.19. The van der Waals surface area contributed by atoms with E-state index in [9.17, 15) is 0 Å². The molecule has 1 aliphatic rings. The zero-order chi connectivity index (χ0) is 10.1. The fourth-order valence-electron chi connectivity index (χ4n) is 1.91. The van der Waals surface area contributed by atoms with Gasteiger partial charge >= 0.3 is 0 Å². The predicted octanol–water partition coefficient (Wildman–Crippen LogP) is 2.55. The van der Waals surface area contributed by atoms with Gasteiger partial charge in [-0.3, -0.25) is 0 Å². The summed E-state index contributed by atoms with van der Waals surface area (Å²) < 4.78 is 5.29. The molecule has 2 unspecified atom stereocenters. The van der Waals surface area contributed by atoms with Gasteiger partial charge in [-0.05, 0) is 31.0 Å². The van der Waals surface area contributed by atoms with E-state index in [2.05, 4.69) is 0 Å². The largest absolute Gasteiger partial charge is 0.496 e. The Kier molecular flexibility index (Phi) is 2.66. The van der Waals surface area contributed by atoms with Crippen molar-refractivity contribution in [2.45, 2.75) is 24.8 Å². The topological polar surface area (TPSA) is 35.2 Å². The predicted molar refractivity (Wildman–Crippen MR) is 58.0 cm³/mol. The van der Waals surface area contributed by atoms with Gasteiger partial charge in [0, 0.05) is 22.5 Å². The van der Waals surface area contributed by atoms with Crippen LogP contribution in [0.5, 0.6) is 5.75 Å². The maximum Gasteiger partial charge on any atom is 0.122 e. The number of benzene rings is 1. The van der Waals surface area contributed by atoms with Crippen molar-refractivity contribution in [1.29, 1.82) is 0 Å². The van der Waals surface area contributed by atoms with Crippen LogP contribution in [0.15, 0.2) is 18.2 Å². The van der Waals surface area contributed by atoms with E-state index >= 15 is 0 Å². The summed E-state index contributed by atoms with van der Waals surface area (Å²) in [5.41, 5.74) is 7.08. The summed E-state index contributed by atoms with van der Waals surface area (Å²) in [6.07, 6.45) is 2.23. The molecule has 1 aromatic rings. The highest BCUT2D eigenvalue weighted by Gasteiger charge is 2.31. The van der Waals surface area contributed by atoms with Gasteiger partial charge in [0.1, 0.15) is 5.75 Å². The summed E-state index contributed by atoms with van der Waals surface area (Å²) in [7, 11) is 1.68. The van der Waals surface area contributed by atoms with Crippen molar-refractivity contribution in [2.24, 2.45) is 5.73 Å². The fraction of sp³-hybridized carbons (Fsp3) is 0.455. The molecule has 1 fully saturated rings. The SMILES string of the molecule is COc1ccc(Cl)cc1C1CCC1N. The zero-order valence-corrected chi connectivity index (χ0v) is 8.92. The van der Waals surface area contributed by atoms with Crippen LogP contribution in [-0.2, 0) is 0 Å². The van der Waals surface area contributed by atoms with Gasteiger partial charge in [-0.1, -0.05) is 11.6 Å². The van der Waals surface area contributed by atoms with E-state index in [0.717, 1.165) is 29.2 Å². The lowest BCUT2D eigenvalue weighted by Gasteiger charge is -2.34. The number of hydrogen-bond acceptors (Lipinski definition) is 2. The molecule has 0 aromatic heterocycles. The van der Waals surface area contributed by atoms with Gasteiger partial charge in [0.15, 0.2) is 0 Å². The number of halogens is 1. The molecule has 14 heavy (non-hydrogen) atoms. The van der Waals surface area contributed by atoms with Crippen LogP contribution in [-0.4, -0.2) is 13.2 Å². The summed E-state index contributed by atoms with van der Waals surface area (Å²) in [6, 6.07) is 5.98. The van der Waals surface area contributed by atoms with E-state index in [1.165, 1.54) is 0 Å². The minimum Gasteiger partial charge on any atom is -0.496 e. The quantitative estimate of drug-likeness (QED) is 0.816. The molecule has 0 spiro atoms. The molecule has 1 saturated carbocycles. The number of hydrogen-bond donors (Lipinski definition) is 1. The Balaban J connectivity index is 2.34. The molecule has 2 N–H and O–H groups in total. The van der Waals surface area contributed by atoms with Crippen molar-refractivity contribution in [2.75, 3.05) is 7.11 Å². The van der Waals surface area contributed by atoms with Crippen molar-refractivity contribution in [3.63, 3.8) is 0 Å². The third kappa shape index (κ3) is 1.60. The second kappa shape index (κ2) is 3.79. The Morgan fingerprint density at radius 2 is 2.21 bits per heavy atom. The molecule has 0 bridgehead atoms. The molecule has 0 amide bonds. The van der Waals surface area contributed by atoms with E-state index in [0.29, 0.717) is 5.92 Å². The summed E-state index contributed by atoms with van der Waals surface area (Å²) in [4.78, 5) is 0. The molecular formula is C11H14ClNO. The molecule has 1 aliphatic carbocycles. The van der Waals surface area contributed by atoms with Crippen LogP contribution in [0.25, 0.3) is 0 Å². The average molecular weight is 212 g/mol. The number of nitrogens with two attached hydrogens (primary N) is 1. The summed E-state index contributed by atoms with van der Waals surface area (Å²) in [5.74, 6) is 1.32. The highest BCUT2D eigenvalue weighted by molar-refractivity contribution is 6.30. The van der Waals surface area contributed by atoms with Crippen LogP contribution in [0.4, 0.5) is 0 Å². The van der Waals surface area contributed by atoms with Crippen LogP contribution in [0.2, 0.25) is 5.02 Å². The molecule has 2 nitrogen and oxygen atoms in total. The number of ether oxygens (including phenoxy) is 1. The Morgan fingerprint density at radius 3 is 2.71 bits per heavy atom. The molecule has 2 atom stereocenters. The van der Waals surface area contributed by atoms with Crippen molar-refractivity contribution in [1.82, 2.24) is 0 Å². The molecule has 76 valence electrons. The Labute approximate surface area is 89.0 Å². The first-order valence-electron chi connectivity index (χ1n) is 4.81. The summed E-state index contributed by atoms with van der Waals surface area (Å²) >= 11 is 5.95. The van der Waals surface area contributed by atoms with Gasteiger partial charge in [0.05, 0.1) is 7.11 Å². The second-order valence-corrected chi connectivity index (χ2v) is 4.17. The van der Waals surface area contributed by atoms with Crippen molar-refractivity contribution in [3.05, 3.63) is 28.8 Å². The van der Waals surface area contributed by atoms with Gasteiger partial charge in [0.25, 0.3) is 0 Å². The number of methoxy groups -OCH3 is 1. The highest BCUT2D eigenvalue weighted by atomic mass is 35.5. The van der Waals surface area contributed by atoms with Gasteiger partial charge in [0.2, 0.25) is 0 Å². The third-order valence-electron chi connectivity index (χ3n) is 2.92. The van der Waals surface area contributed by atoms with E-state index in [-0.39, 0.29) is 6.04 Å². The van der Waals surface area contributed by atoms with Crippen LogP contribution in [0, 0.1) is 0 Å². The lowest BCUT2D eigenvalue weighted by atomic mass is 9.75. The van der Waals surface area contributed by atoms with Crippen LogP contribution < -0.4 is 10.5 Å². The maximum atomic E-state index is 5.95. The molecule has 1 aromatic carbocycles. The molecule has 0 aliphatic heterocycles. The highest BCUT2D eigenvalue weighted by Crippen LogP contribution is 2.40. The van der Waals surface area contributed by atoms with Crippen molar-refractivity contribution >= 4 is 11.6 Å². The van der Waals surface area contributed by atoms with E-state index in [1.54, 1.807) is 7.11 Å². The second-order valence-electron chi connectivity index (χ2n) is 3.73. The van der Waals surface area contributed by atoms with Crippen molar-refractivity contribution < 1.29 is 4.74 Å². The molecule has 0 heterocycles. The molecule has 2 rings (SSSR count). The lowest BCUT2D eigenvalue weighted by molar-refractivity contribution is 0.329. The minimum atomic E-state index is 0.266. The smallest absolute Gasteiger partial charge is 0.122 e. The normalized spacial score (nSPS) is 25.6. The van der Waals surface area contributed by atoms with Gasteiger partial charge in [-0.25, -0.2) is 0 Å². The maximum absolute atomic E-state index is 5.95. The Bertz CT molecular complexity index is 340. The molecule has 0 radical (unpaired) electrons. The molecule has 0 saturated heterocycles. The van der Waals surface area contributed by atoms with E-state index in [4.69, 9.17) is 22.1 Å². The number of rotatable bonds is 2. The van der Waals surface area contributed by atoms with Gasteiger partial charge in [-0.2, -0.15) is 0 Å². The summed E-state index contributed by atoms with van der Waals surface area (Å²) in [6.45, 7) is 0. The van der Waals surface area contributed by atoms with E-state index in [1.807, 2.05) is 18.2 Å². The van der Waals surface area contributed by atoms with E-state index < -0.39 is 0 Å². The summed E-state index contributed by atoms with van der Waals surface area (Å²) in [5, 5.41) is 0.750. The van der Waals surface area contributed by atoms with Gasteiger partial charge in [-0.15, -0.1) is 0 Å². The molecule has 3 heteroatoms. The fourth-order valence-corrected chi connectivity index (χ4v) is 2.09. The van der Waals surface area contributed by atoms with Gasteiger partial charge < -0.3 is 10.5 Å². The zero-order valence-electron chi connectivity index (χ0n) is 8.16. The average Bonchev–Trinajstić information content (AvgIpc) is 2.16. The third-order valence-corrected chi connectivity index (χ3v) is 3.15. The van der Waals surface area contributed by atoms with Crippen LogP contribution >= 0.6 is 11.6 Å². The Morgan fingerprint density at radius 1 is 1.43 bits per heavy atom. The molecular weight excluding hydrogens is 198 g/mol. The van der Waals surface area contributed by atoms with Crippen LogP contribution in [0.3, 0.4) is 0 Å². The monoisotopic (exact) mass is 211 g/mol. The first-order chi connectivity index (χ1) is 6.72.